The number of aliphatic imine (C=N–C) groups is 1. The Balaban J connectivity index is 0.00000264. The molecule has 0 bridgehead atoms. The van der Waals surface area contributed by atoms with Gasteiger partial charge in [-0.1, -0.05) is 0 Å². The first-order valence-electron chi connectivity index (χ1n) is 6.65. The van der Waals surface area contributed by atoms with Crippen LogP contribution in [-0.2, 0) is 6.54 Å². The summed E-state index contributed by atoms with van der Waals surface area (Å²) in [5, 5.41) is 0. The summed E-state index contributed by atoms with van der Waals surface area (Å²) in [7, 11) is 7.42. The molecule has 1 heterocycles. The molecule has 1 aromatic rings. The van der Waals surface area contributed by atoms with Gasteiger partial charge in [-0.05, 0) is 6.07 Å². The van der Waals surface area contributed by atoms with Gasteiger partial charge in [0.15, 0.2) is 17.5 Å². The molecule has 0 amide bonds. The molecule has 0 saturated heterocycles. The van der Waals surface area contributed by atoms with Crippen LogP contribution in [0.15, 0.2) is 17.1 Å². The summed E-state index contributed by atoms with van der Waals surface area (Å²) in [4.78, 5) is 8.10. The van der Waals surface area contributed by atoms with Crippen molar-refractivity contribution in [3.05, 3.63) is 17.7 Å². The number of fused-ring (bicyclic) bond motifs is 1. The SMILES string of the molecule is CN(C)C(=NCc1cc2c(cc1OC(F)F)OCO2)N(C)C.I. The highest BCUT2D eigenvalue weighted by Gasteiger charge is 2.20. The molecule has 1 aromatic carbocycles. The number of guanidine groups is 1. The Kier molecular flexibility index (Phi) is 7.10. The van der Waals surface area contributed by atoms with Crippen LogP contribution in [0.1, 0.15) is 5.56 Å². The van der Waals surface area contributed by atoms with E-state index in [9.17, 15) is 8.78 Å². The van der Waals surface area contributed by atoms with E-state index in [2.05, 4.69) is 9.73 Å². The summed E-state index contributed by atoms with van der Waals surface area (Å²) in [6.45, 7) is -2.66. The fourth-order valence-electron chi connectivity index (χ4n) is 2.13. The second-order valence-electron chi connectivity index (χ2n) is 5.10. The smallest absolute Gasteiger partial charge is 0.387 e. The lowest BCUT2D eigenvalue weighted by Crippen LogP contribution is -2.35. The van der Waals surface area contributed by atoms with E-state index in [1.165, 1.54) is 6.07 Å². The van der Waals surface area contributed by atoms with Crippen molar-refractivity contribution in [2.24, 2.45) is 4.99 Å². The molecule has 0 aliphatic carbocycles. The van der Waals surface area contributed by atoms with Gasteiger partial charge in [-0.25, -0.2) is 4.99 Å². The molecule has 0 radical (unpaired) electrons. The van der Waals surface area contributed by atoms with Crippen molar-refractivity contribution in [3.63, 3.8) is 0 Å². The van der Waals surface area contributed by atoms with Crippen molar-refractivity contribution in [1.29, 1.82) is 0 Å². The minimum atomic E-state index is -2.91. The summed E-state index contributed by atoms with van der Waals surface area (Å²) in [6.07, 6.45) is 0. The van der Waals surface area contributed by atoms with E-state index in [0.717, 1.165) is 0 Å². The highest BCUT2D eigenvalue weighted by molar-refractivity contribution is 14.0. The van der Waals surface area contributed by atoms with E-state index in [4.69, 9.17) is 9.47 Å². The van der Waals surface area contributed by atoms with Crippen LogP contribution in [0.2, 0.25) is 0 Å². The van der Waals surface area contributed by atoms with Gasteiger partial charge in [-0.3, -0.25) is 0 Å². The lowest BCUT2D eigenvalue weighted by Gasteiger charge is -2.22. The fraction of sp³-hybridized carbons (Fsp3) is 0.500. The van der Waals surface area contributed by atoms with Gasteiger partial charge in [0.05, 0.1) is 6.54 Å². The number of alkyl halides is 2. The lowest BCUT2D eigenvalue weighted by atomic mass is 10.1. The van der Waals surface area contributed by atoms with Crippen LogP contribution in [0.5, 0.6) is 17.2 Å². The number of nitrogens with zero attached hydrogens (tertiary/aromatic N) is 3. The van der Waals surface area contributed by atoms with Crippen LogP contribution in [-0.4, -0.2) is 57.4 Å². The highest BCUT2D eigenvalue weighted by atomic mass is 127. The van der Waals surface area contributed by atoms with E-state index < -0.39 is 6.61 Å². The number of ether oxygens (including phenoxy) is 3. The Morgan fingerprint density at radius 2 is 1.74 bits per heavy atom. The van der Waals surface area contributed by atoms with Crippen LogP contribution in [0.3, 0.4) is 0 Å². The van der Waals surface area contributed by atoms with Crippen LogP contribution < -0.4 is 14.2 Å². The van der Waals surface area contributed by atoms with Gasteiger partial charge in [-0.2, -0.15) is 8.78 Å². The van der Waals surface area contributed by atoms with Crippen molar-refractivity contribution >= 4 is 29.9 Å². The molecular formula is C14H20F2IN3O3. The largest absolute Gasteiger partial charge is 0.454 e. The summed E-state index contributed by atoms with van der Waals surface area (Å²) in [5.74, 6) is 1.65. The van der Waals surface area contributed by atoms with Gasteiger partial charge in [-0.15, -0.1) is 24.0 Å². The third-order valence-electron chi connectivity index (χ3n) is 2.96. The Bertz CT molecular complexity index is 558. The Labute approximate surface area is 151 Å². The molecular weight excluding hydrogens is 423 g/mol. The quantitative estimate of drug-likeness (QED) is 0.407. The second-order valence-corrected chi connectivity index (χ2v) is 5.10. The monoisotopic (exact) mass is 443 g/mol. The van der Waals surface area contributed by atoms with E-state index in [-0.39, 0.29) is 43.1 Å². The van der Waals surface area contributed by atoms with Crippen molar-refractivity contribution in [2.75, 3.05) is 35.0 Å². The molecule has 130 valence electrons. The zero-order valence-corrected chi connectivity index (χ0v) is 15.7. The van der Waals surface area contributed by atoms with Crippen LogP contribution >= 0.6 is 24.0 Å². The minimum Gasteiger partial charge on any atom is -0.454 e. The van der Waals surface area contributed by atoms with Crippen molar-refractivity contribution in [3.8, 4) is 17.2 Å². The highest BCUT2D eigenvalue weighted by Crippen LogP contribution is 2.39. The number of rotatable bonds is 4. The van der Waals surface area contributed by atoms with Gasteiger partial charge in [0.1, 0.15) is 5.75 Å². The number of halogens is 3. The Morgan fingerprint density at radius 3 is 2.26 bits per heavy atom. The average molecular weight is 443 g/mol. The zero-order valence-electron chi connectivity index (χ0n) is 13.4. The molecule has 23 heavy (non-hydrogen) atoms. The third kappa shape index (κ3) is 4.98. The van der Waals surface area contributed by atoms with Gasteiger partial charge < -0.3 is 24.0 Å². The van der Waals surface area contributed by atoms with E-state index in [0.29, 0.717) is 23.0 Å². The molecule has 0 fully saturated rings. The fourth-order valence-corrected chi connectivity index (χ4v) is 2.13. The summed E-state index contributed by atoms with van der Waals surface area (Å²) in [5.41, 5.74) is 0.505. The van der Waals surface area contributed by atoms with E-state index in [1.807, 2.05) is 38.0 Å². The zero-order chi connectivity index (χ0) is 16.3. The van der Waals surface area contributed by atoms with Crippen LogP contribution in [0, 0.1) is 0 Å². The molecule has 6 nitrogen and oxygen atoms in total. The van der Waals surface area contributed by atoms with Gasteiger partial charge in [0, 0.05) is 39.8 Å². The van der Waals surface area contributed by atoms with Crippen molar-refractivity contribution < 1.29 is 23.0 Å². The minimum absolute atomic E-state index is 0. The molecule has 9 heteroatoms. The number of benzene rings is 1. The number of hydrogen-bond acceptors (Lipinski definition) is 4. The average Bonchev–Trinajstić information content (AvgIpc) is 2.84. The van der Waals surface area contributed by atoms with Crippen molar-refractivity contribution in [1.82, 2.24) is 9.80 Å². The third-order valence-corrected chi connectivity index (χ3v) is 2.96. The van der Waals surface area contributed by atoms with Crippen LogP contribution in [0.25, 0.3) is 0 Å². The standard InChI is InChI=1S/C14H19F2N3O3.HI/c1-18(2)14(19(3)4)17-7-9-5-11-12(21-8-20-11)6-10(9)22-13(15)16;/h5-6,13H,7-8H2,1-4H3;1H. The topological polar surface area (TPSA) is 46.5 Å². The maximum atomic E-state index is 12.6. The van der Waals surface area contributed by atoms with Gasteiger partial charge in [0.25, 0.3) is 0 Å². The summed E-state index contributed by atoms with van der Waals surface area (Å²) >= 11 is 0. The molecule has 0 saturated carbocycles. The summed E-state index contributed by atoms with van der Waals surface area (Å²) in [6, 6.07) is 3.02. The first-order chi connectivity index (χ1) is 10.4. The second kappa shape index (κ2) is 8.37. The van der Waals surface area contributed by atoms with Gasteiger partial charge >= 0.3 is 6.61 Å². The number of hydrogen-bond donors (Lipinski definition) is 0. The molecule has 0 atom stereocenters. The van der Waals surface area contributed by atoms with Crippen molar-refractivity contribution in [2.45, 2.75) is 13.2 Å². The normalized spacial score (nSPS) is 11.8. The predicted octanol–water partition coefficient (Wildman–Crippen LogP) is 2.61. The Hall–Kier alpha value is -1.52. The predicted molar refractivity (Wildman–Crippen MR) is 93.1 cm³/mol. The maximum Gasteiger partial charge on any atom is 0.387 e. The molecule has 0 N–H and O–H groups in total. The summed E-state index contributed by atoms with van der Waals surface area (Å²) < 4.78 is 40.1. The molecule has 0 spiro atoms. The molecule has 0 aromatic heterocycles. The van der Waals surface area contributed by atoms with E-state index >= 15 is 0 Å². The maximum absolute atomic E-state index is 12.6. The first kappa shape index (κ1) is 19.5. The molecule has 1 aliphatic rings. The lowest BCUT2D eigenvalue weighted by molar-refractivity contribution is -0.0505. The Morgan fingerprint density at radius 1 is 1.17 bits per heavy atom. The molecule has 0 unspecified atom stereocenters. The molecule has 1 aliphatic heterocycles. The van der Waals surface area contributed by atoms with Gasteiger partial charge in [0.2, 0.25) is 6.79 Å². The van der Waals surface area contributed by atoms with Crippen LogP contribution in [0.4, 0.5) is 8.78 Å². The molecule has 2 rings (SSSR count). The first-order valence-corrected chi connectivity index (χ1v) is 6.65. The van der Waals surface area contributed by atoms with E-state index in [1.54, 1.807) is 6.07 Å².